The molecular weight excluding hydrogens is 416 g/mol. The van der Waals surface area contributed by atoms with Gasteiger partial charge in [-0.1, -0.05) is 37.6 Å². The number of nitrogens with zero attached hydrogens (tertiary/aromatic N) is 2. The summed E-state index contributed by atoms with van der Waals surface area (Å²) in [5.74, 6) is 2.03. The van der Waals surface area contributed by atoms with Crippen LogP contribution >= 0.6 is 11.9 Å². The molecule has 1 saturated heterocycles. The van der Waals surface area contributed by atoms with Crippen molar-refractivity contribution in [1.29, 1.82) is 0 Å². The lowest BCUT2D eigenvalue weighted by molar-refractivity contribution is 0.0548. The molecule has 1 saturated carbocycles. The first-order valence-corrected chi connectivity index (χ1v) is 12.1. The van der Waals surface area contributed by atoms with Gasteiger partial charge in [0, 0.05) is 44.0 Å². The number of methoxy groups -OCH3 is 1. The molecular formula is C22H34N4O4S. The number of benzene rings is 1. The molecule has 2 fully saturated rings. The van der Waals surface area contributed by atoms with E-state index in [1.165, 1.54) is 37.6 Å². The van der Waals surface area contributed by atoms with Crippen LogP contribution in [0.25, 0.3) is 0 Å². The van der Waals surface area contributed by atoms with Crippen LogP contribution in [0, 0.1) is 5.92 Å². The minimum absolute atomic E-state index is 0.0614. The van der Waals surface area contributed by atoms with Crippen molar-refractivity contribution in [2.24, 2.45) is 11.7 Å². The van der Waals surface area contributed by atoms with Gasteiger partial charge in [0.1, 0.15) is 5.75 Å². The topological polar surface area (TPSA) is 97.1 Å². The van der Waals surface area contributed by atoms with Crippen molar-refractivity contribution in [3.8, 4) is 5.75 Å². The third-order valence-electron chi connectivity index (χ3n) is 5.90. The van der Waals surface area contributed by atoms with E-state index in [0.717, 1.165) is 17.9 Å². The zero-order chi connectivity index (χ0) is 22.1. The quantitative estimate of drug-likeness (QED) is 0.440. The molecule has 8 nitrogen and oxygen atoms in total. The summed E-state index contributed by atoms with van der Waals surface area (Å²) in [6, 6.07) is 5.38. The van der Waals surface area contributed by atoms with E-state index in [0.29, 0.717) is 56.6 Å². The Balaban J connectivity index is 1.46. The van der Waals surface area contributed by atoms with Crippen LogP contribution < -0.4 is 15.2 Å². The third kappa shape index (κ3) is 6.67. The Morgan fingerprint density at radius 2 is 1.87 bits per heavy atom. The van der Waals surface area contributed by atoms with Gasteiger partial charge in [0.15, 0.2) is 0 Å². The number of hydrogen-bond donors (Lipinski definition) is 2. The summed E-state index contributed by atoms with van der Waals surface area (Å²) in [6.07, 6.45) is 5.80. The number of anilines is 1. The first-order valence-electron chi connectivity index (χ1n) is 11.1. The molecule has 0 unspecified atom stereocenters. The first kappa shape index (κ1) is 23.5. The number of nitrogens with one attached hydrogen (secondary N) is 1. The highest BCUT2D eigenvalue weighted by molar-refractivity contribution is 8.00. The van der Waals surface area contributed by atoms with Crippen molar-refractivity contribution in [3.05, 3.63) is 23.8 Å². The van der Waals surface area contributed by atoms with Crippen molar-refractivity contribution in [1.82, 2.24) is 9.80 Å². The molecule has 0 bridgehead atoms. The van der Waals surface area contributed by atoms with E-state index in [-0.39, 0.29) is 12.0 Å². The van der Waals surface area contributed by atoms with Gasteiger partial charge in [0.2, 0.25) is 0 Å². The highest BCUT2D eigenvalue weighted by atomic mass is 32.2. The molecule has 0 atom stereocenters. The molecule has 1 aromatic rings. The summed E-state index contributed by atoms with van der Waals surface area (Å²) >= 11 is 1.49. The molecule has 2 amide bonds. The summed E-state index contributed by atoms with van der Waals surface area (Å²) in [4.78, 5) is 28.7. The molecule has 31 heavy (non-hydrogen) atoms. The summed E-state index contributed by atoms with van der Waals surface area (Å²) in [5, 5.41) is 0. The van der Waals surface area contributed by atoms with Gasteiger partial charge in [0.05, 0.1) is 19.4 Å². The number of hydrogen-bond acceptors (Lipinski definition) is 7. The third-order valence-corrected chi connectivity index (χ3v) is 6.71. The first-order chi connectivity index (χ1) is 15.1. The number of nitrogens with two attached hydrogens (primary N) is 1. The summed E-state index contributed by atoms with van der Waals surface area (Å²) in [5.41, 5.74) is 6.89. The molecule has 3 rings (SSSR count). The molecule has 1 aliphatic heterocycles. The van der Waals surface area contributed by atoms with E-state index in [1.54, 1.807) is 29.0 Å². The SMILES string of the molecule is COc1cc(C(=O)N2CCN(C(=O)OCCC3CCCC3)CC2)ccc1NSCCN. The Morgan fingerprint density at radius 1 is 1.16 bits per heavy atom. The van der Waals surface area contributed by atoms with Gasteiger partial charge in [-0.25, -0.2) is 4.79 Å². The molecule has 0 radical (unpaired) electrons. The van der Waals surface area contributed by atoms with E-state index < -0.39 is 0 Å². The largest absolute Gasteiger partial charge is 0.495 e. The Labute approximate surface area is 188 Å². The van der Waals surface area contributed by atoms with Crippen LogP contribution in [0.15, 0.2) is 18.2 Å². The van der Waals surface area contributed by atoms with Crippen molar-refractivity contribution >= 4 is 29.6 Å². The summed E-state index contributed by atoms with van der Waals surface area (Å²) < 4.78 is 14.1. The zero-order valence-corrected chi connectivity index (χ0v) is 19.1. The predicted molar refractivity (Wildman–Crippen MR) is 124 cm³/mol. The van der Waals surface area contributed by atoms with Crippen LogP contribution in [-0.4, -0.2) is 74.0 Å². The van der Waals surface area contributed by atoms with Crippen molar-refractivity contribution in [3.63, 3.8) is 0 Å². The van der Waals surface area contributed by atoms with E-state index >= 15 is 0 Å². The highest BCUT2D eigenvalue weighted by Crippen LogP contribution is 2.29. The molecule has 3 N–H and O–H groups in total. The summed E-state index contributed by atoms with van der Waals surface area (Å²) in [6.45, 7) is 3.03. The van der Waals surface area contributed by atoms with E-state index in [1.807, 2.05) is 6.07 Å². The Kier molecular flexibility index (Phi) is 9.14. The molecule has 0 aromatic heterocycles. The van der Waals surface area contributed by atoms with Gasteiger partial charge in [-0.2, -0.15) is 0 Å². The number of rotatable bonds is 9. The lowest BCUT2D eigenvalue weighted by atomic mass is 10.1. The van der Waals surface area contributed by atoms with Crippen LogP contribution in [0.2, 0.25) is 0 Å². The lowest BCUT2D eigenvalue weighted by Crippen LogP contribution is -2.50. The fraction of sp³-hybridized carbons (Fsp3) is 0.636. The second-order valence-corrected chi connectivity index (χ2v) is 8.89. The maximum Gasteiger partial charge on any atom is 0.409 e. The van der Waals surface area contributed by atoms with Crippen molar-refractivity contribution in [2.45, 2.75) is 32.1 Å². The van der Waals surface area contributed by atoms with Crippen LogP contribution in [0.4, 0.5) is 10.5 Å². The van der Waals surface area contributed by atoms with Gasteiger partial charge in [0.25, 0.3) is 5.91 Å². The molecule has 2 aliphatic rings. The molecule has 1 aliphatic carbocycles. The fourth-order valence-electron chi connectivity index (χ4n) is 4.07. The number of piperazine rings is 1. The average Bonchev–Trinajstić information content (AvgIpc) is 3.32. The van der Waals surface area contributed by atoms with Crippen molar-refractivity contribution in [2.75, 3.05) is 56.9 Å². The fourth-order valence-corrected chi connectivity index (χ4v) is 4.62. The minimum atomic E-state index is -0.267. The van der Waals surface area contributed by atoms with Crippen LogP contribution in [0.1, 0.15) is 42.5 Å². The molecule has 1 aromatic carbocycles. The molecule has 1 heterocycles. The standard InChI is InChI=1S/C22H34N4O4S/c1-29-20-16-18(6-7-19(20)24-31-15-9-23)21(27)25-10-12-26(13-11-25)22(28)30-14-8-17-4-2-3-5-17/h6-7,16-17,24H,2-5,8-15,23H2,1H3. The zero-order valence-electron chi connectivity index (χ0n) is 18.3. The van der Waals surface area contributed by atoms with Crippen LogP contribution in [0.5, 0.6) is 5.75 Å². The van der Waals surface area contributed by atoms with Gasteiger partial charge in [-0.15, -0.1) is 0 Å². The Hall–Kier alpha value is -2.13. The number of carbonyl (C=O) groups excluding carboxylic acids is 2. The molecule has 0 spiro atoms. The number of amides is 2. The van der Waals surface area contributed by atoms with Crippen molar-refractivity contribution < 1.29 is 19.1 Å². The summed E-state index contributed by atoms with van der Waals surface area (Å²) in [7, 11) is 1.58. The smallest absolute Gasteiger partial charge is 0.409 e. The van der Waals surface area contributed by atoms with Gasteiger partial charge < -0.3 is 29.7 Å². The number of carbonyl (C=O) groups is 2. The van der Waals surface area contributed by atoms with Gasteiger partial charge in [-0.05, 0) is 30.5 Å². The molecule has 9 heteroatoms. The Morgan fingerprint density at radius 3 is 2.55 bits per heavy atom. The Bertz CT molecular complexity index is 734. The van der Waals surface area contributed by atoms with E-state index in [9.17, 15) is 9.59 Å². The predicted octanol–water partition coefficient (Wildman–Crippen LogP) is 3.19. The molecule has 172 valence electrons. The average molecular weight is 451 g/mol. The monoisotopic (exact) mass is 450 g/mol. The highest BCUT2D eigenvalue weighted by Gasteiger charge is 2.26. The minimum Gasteiger partial charge on any atom is -0.495 e. The van der Waals surface area contributed by atoms with Gasteiger partial charge in [-0.3, -0.25) is 4.79 Å². The van der Waals surface area contributed by atoms with Gasteiger partial charge >= 0.3 is 6.09 Å². The van der Waals surface area contributed by atoms with E-state index in [2.05, 4.69) is 4.72 Å². The van der Waals surface area contributed by atoms with Crippen LogP contribution in [0.3, 0.4) is 0 Å². The lowest BCUT2D eigenvalue weighted by Gasteiger charge is -2.34. The second-order valence-electron chi connectivity index (χ2n) is 7.99. The maximum atomic E-state index is 12.9. The van der Waals surface area contributed by atoms with Crippen LogP contribution in [-0.2, 0) is 4.74 Å². The maximum absolute atomic E-state index is 12.9. The normalized spacial score (nSPS) is 17.0. The number of ether oxygens (including phenoxy) is 2. The van der Waals surface area contributed by atoms with E-state index in [4.69, 9.17) is 15.2 Å². The second kappa shape index (κ2) is 12.0.